The van der Waals surface area contributed by atoms with Gasteiger partial charge in [-0.1, -0.05) is 0 Å². The van der Waals surface area contributed by atoms with Crippen LogP contribution >= 0.6 is 11.3 Å². The number of methoxy groups -OCH3 is 1. The Hall–Kier alpha value is -2.88. The van der Waals surface area contributed by atoms with Crippen molar-refractivity contribution in [2.75, 3.05) is 24.3 Å². The van der Waals surface area contributed by atoms with Crippen LogP contribution in [0.4, 0.5) is 19.5 Å². The number of carbonyl (C=O) groups is 2. The summed E-state index contributed by atoms with van der Waals surface area (Å²) in [5, 5.41) is 6.03. The first-order chi connectivity index (χ1) is 13.4. The molecule has 0 atom stereocenters. The Morgan fingerprint density at radius 2 is 2.04 bits per heavy atom. The quantitative estimate of drug-likeness (QED) is 0.735. The summed E-state index contributed by atoms with van der Waals surface area (Å²) in [6.45, 7) is -0.126. The van der Waals surface area contributed by atoms with Gasteiger partial charge in [-0.2, -0.15) is 0 Å². The molecule has 7 nitrogen and oxygen atoms in total. The van der Waals surface area contributed by atoms with Gasteiger partial charge in [-0.05, 0) is 37.0 Å². The number of fused-ring (bicyclic) bond motifs is 2. The van der Waals surface area contributed by atoms with Crippen LogP contribution in [-0.2, 0) is 22.4 Å². The second kappa shape index (κ2) is 6.93. The van der Waals surface area contributed by atoms with Crippen LogP contribution < -0.4 is 20.1 Å². The number of thiophene rings is 1. The van der Waals surface area contributed by atoms with Crippen LogP contribution in [0.15, 0.2) is 18.2 Å². The number of anilines is 2. The number of nitrogens with one attached hydrogen (secondary N) is 2. The Balaban J connectivity index is 1.42. The normalized spacial score (nSPS) is 15.8. The molecule has 0 saturated carbocycles. The topological polar surface area (TPSA) is 85.9 Å². The number of halogens is 2. The summed E-state index contributed by atoms with van der Waals surface area (Å²) in [5.74, 6) is -1.04. The largest absolute Gasteiger partial charge is 0.586 e. The predicted octanol–water partition coefficient (Wildman–Crippen LogP) is 3.40. The van der Waals surface area contributed by atoms with Crippen molar-refractivity contribution in [3.63, 3.8) is 0 Å². The first-order valence-corrected chi connectivity index (χ1v) is 9.34. The van der Waals surface area contributed by atoms with E-state index in [0.29, 0.717) is 16.3 Å². The SMILES string of the molecule is COC(=O)c1c(NC(=O)CNc2ccc3c(c2)OC(F)(F)O3)sc2c1CCC2. The summed E-state index contributed by atoms with van der Waals surface area (Å²) in [6.07, 6.45) is -1.06. The molecular weight excluding hydrogens is 394 g/mol. The lowest BCUT2D eigenvalue weighted by molar-refractivity contribution is -0.286. The Morgan fingerprint density at radius 1 is 1.25 bits per heavy atom. The van der Waals surface area contributed by atoms with E-state index in [0.717, 1.165) is 29.7 Å². The number of amides is 1. The first-order valence-electron chi connectivity index (χ1n) is 8.53. The first kappa shape index (κ1) is 18.5. The minimum Gasteiger partial charge on any atom is -0.465 e. The summed E-state index contributed by atoms with van der Waals surface area (Å²) < 4.78 is 39.7. The molecule has 1 aliphatic heterocycles. The molecule has 10 heteroatoms. The van der Waals surface area contributed by atoms with E-state index in [9.17, 15) is 18.4 Å². The molecule has 28 heavy (non-hydrogen) atoms. The van der Waals surface area contributed by atoms with Crippen LogP contribution in [0, 0.1) is 0 Å². The van der Waals surface area contributed by atoms with Crippen LogP contribution in [0.25, 0.3) is 0 Å². The number of carbonyl (C=O) groups excluding carboxylic acids is 2. The van der Waals surface area contributed by atoms with E-state index in [4.69, 9.17) is 4.74 Å². The smallest absolute Gasteiger partial charge is 0.465 e. The number of hydrogen-bond acceptors (Lipinski definition) is 7. The molecule has 1 aliphatic carbocycles. The van der Waals surface area contributed by atoms with Crippen molar-refractivity contribution < 1.29 is 32.6 Å². The average Bonchev–Trinajstić information content (AvgIpc) is 3.29. The second-order valence-electron chi connectivity index (χ2n) is 6.28. The number of rotatable bonds is 5. The van der Waals surface area contributed by atoms with Gasteiger partial charge >= 0.3 is 12.3 Å². The molecule has 2 aliphatic rings. The minimum atomic E-state index is -3.69. The van der Waals surface area contributed by atoms with Gasteiger partial charge in [0.15, 0.2) is 11.5 Å². The number of ether oxygens (including phenoxy) is 3. The molecule has 0 bridgehead atoms. The fourth-order valence-electron chi connectivity index (χ4n) is 3.22. The molecule has 148 valence electrons. The van der Waals surface area contributed by atoms with E-state index in [1.165, 1.54) is 36.6 Å². The van der Waals surface area contributed by atoms with Crippen LogP contribution in [-0.4, -0.2) is 31.8 Å². The predicted molar refractivity (Wildman–Crippen MR) is 97.4 cm³/mol. The van der Waals surface area contributed by atoms with E-state index in [1.807, 2.05) is 0 Å². The van der Waals surface area contributed by atoms with Crippen molar-refractivity contribution in [3.8, 4) is 11.5 Å². The molecule has 2 aromatic rings. The van der Waals surface area contributed by atoms with Gasteiger partial charge in [0, 0.05) is 16.6 Å². The Kier molecular flexibility index (Phi) is 4.58. The zero-order valence-electron chi connectivity index (χ0n) is 14.8. The standard InChI is InChI=1S/C18H16F2N2O5S/c1-25-17(24)15-10-3-2-4-13(10)28-16(15)22-14(23)8-21-9-5-6-11-12(7-9)27-18(19,20)26-11/h5-7,21H,2-4,8H2,1H3,(H,22,23). The van der Waals surface area contributed by atoms with Crippen molar-refractivity contribution in [2.45, 2.75) is 25.6 Å². The van der Waals surface area contributed by atoms with Gasteiger partial charge in [-0.15, -0.1) is 20.1 Å². The fraction of sp³-hybridized carbons (Fsp3) is 0.333. The highest BCUT2D eigenvalue weighted by molar-refractivity contribution is 7.17. The highest BCUT2D eigenvalue weighted by Gasteiger charge is 2.43. The maximum Gasteiger partial charge on any atom is 0.586 e. The molecule has 0 radical (unpaired) electrons. The van der Waals surface area contributed by atoms with Crippen molar-refractivity contribution >= 4 is 33.9 Å². The van der Waals surface area contributed by atoms with E-state index in [2.05, 4.69) is 20.1 Å². The van der Waals surface area contributed by atoms with E-state index in [-0.39, 0.29) is 24.0 Å². The van der Waals surface area contributed by atoms with Crippen molar-refractivity contribution in [2.24, 2.45) is 0 Å². The summed E-state index contributed by atoms with van der Waals surface area (Å²) >= 11 is 1.38. The van der Waals surface area contributed by atoms with Gasteiger partial charge in [0.2, 0.25) is 5.91 Å². The number of alkyl halides is 2. The molecule has 0 unspecified atom stereocenters. The van der Waals surface area contributed by atoms with Crippen LogP contribution in [0.2, 0.25) is 0 Å². The molecular formula is C18H16F2N2O5S. The third-order valence-corrected chi connectivity index (χ3v) is 5.63. The zero-order valence-corrected chi connectivity index (χ0v) is 15.6. The Labute approximate surface area is 162 Å². The van der Waals surface area contributed by atoms with Gasteiger partial charge in [-0.25, -0.2) is 4.79 Å². The monoisotopic (exact) mass is 410 g/mol. The van der Waals surface area contributed by atoms with Crippen molar-refractivity contribution in [1.82, 2.24) is 0 Å². The number of hydrogen-bond donors (Lipinski definition) is 2. The molecule has 2 N–H and O–H groups in total. The highest BCUT2D eigenvalue weighted by atomic mass is 32.1. The Morgan fingerprint density at radius 3 is 2.82 bits per heavy atom. The number of aryl methyl sites for hydroxylation is 1. The van der Waals surface area contributed by atoms with E-state index >= 15 is 0 Å². The summed E-state index contributed by atoms with van der Waals surface area (Å²) in [5.41, 5.74) is 1.77. The maximum absolute atomic E-state index is 13.1. The lowest BCUT2D eigenvalue weighted by Gasteiger charge is -2.09. The molecule has 1 aromatic heterocycles. The molecule has 1 amide bonds. The minimum absolute atomic E-state index is 0.0733. The summed E-state index contributed by atoms with van der Waals surface area (Å²) in [7, 11) is 1.30. The molecule has 4 rings (SSSR count). The van der Waals surface area contributed by atoms with Gasteiger partial charge in [0.05, 0.1) is 19.2 Å². The van der Waals surface area contributed by atoms with Gasteiger partial charge in [0.1, 0.15) is 5.00 Å². The van der Waals surface area contributed by atoms with Crippen LogP contribution in [0.1, 0.15) is 27.2 Å². The van der Waals surface area contributed by atoms with E-state index < -0.39 is 12.3 Å². The molecule has 0 fully saturated rings. The second-order valence-corrected chi connectivity index (χ2v) is 7.39. The number of benzene rings is 1. The van der Waals surface area contributed by atoms with Crippen molar-refractivity contribution in [3.05, 3.63) is 34.2 Å². The summed E-state index contributed by atoms with van der Waals surface area (Å²) in [6, 6.07) is 4.15. The van der Waals surface area contributed by atoms with Gasteiger partial charge in [0.25, 0.3) is 0 Å². The number of esters is 1. The summed E-state index contributed by atoms with van der Waals surface area (Å²) in [4.78, 5) is 25.5. The maximum atomic E-state index is 13.1. The lowest BCUT2D eigenvalue weighted by Crippen LogP contribution is -2.25. The lowest BCUT2D eigenvalue weighted by atomic mass is 10.1. The third kappa shape index (κ3) is 3.47. The Bertz CT molecular complexity index is 960. The average molecular weight is 410 g/mol. The third-order valence-electron chi connectivity index (χ3n) is 4.42. The zero-order chi connectivity index (χ0) is 19.9. The molecule has 1 aromatic carbocycles. The van der Waals surface area contributed by atoms with E-state index in [1.54, 1.807) is 0 Å². The molecule has 0 saturated heterocycles. The van der Waals surface area contributed by atoms with Gasteiger partial charge in [-0.3, -0.25) is 4.79 Å². The fourth-order valence-corrected chi connectivity index (χ4v) is 4.52. The molecule has 2 heterocycles. The van der Waals surface area contributed by atoms with Crippen LogP contribution in [0.3, 0.4) is 0 Å². The van der Waals surface area contributed by atoms with Crippen LogP contribution in [0.5, 0.6) is 11.5 Å². The van der Waals surface area contributed by atoms with Crippen molar-refractivity contribution in [1.29, 1.82) is 0 Å². The van der Waals surface area contributed by atoms with Gasteiger partial charge < -0.3 is 24.8 Å². The highest BCUT2D eigenvalue weighted by Crippen LogP contribution is 2.42. The molecule has 0 spiro atoms.